The van der Waals surface area contributed by atoms with Crippen molar-refractivity contribution >= 4 is 23.0 Å². The number of aryl methyl sites for hydroxylation is 1. The minimum absolute atomic E-state index is 0.0484. The highest BCUT2D eigenvalue weighted by Gasteiger charge is 2.48. The normalized spacial score (nSPS) is 14.7. The van der Waals surface area contributed by atoms with E-state index in [4.69, 9.17) is 16.3 Å². The second-order valence-electron chi connectivity index (χ2n) is 8.26. The Bertz CT molecular complexity index is 1300. The van der Waals surface area contributed by atoms with Crippen molar-refractivity contribution in [2.45, 2.75) is 38.0 Å². The van der Waals surface area contributed by atoms with Gasteiger partial charge in [-0.3, -0.25) is 4.79 Å². The Morgan fingerprint density at radius 3 is 2.62 bits per heavy atom. The molecular weight excluding hydrogens is 430 g/mol. The molecule has 4 heterocycles. The first kappa shape index (κ1) is 20.7. The van der Waals surface area contributed by atoms with E-state index in [1.165, 1.54) is 4.80 Å². The molecule has 4 aromatic rings. The second kappa shape index (κ2) is 8.07. The zero-order valence-electron chi connectivity index (χ0n) is 17.8. The lowest BCUT2D eigenvalue weighted by Crippen LogP contribution is -2.23. The minimum Gasteiger partial charge on any atom is -0.384 e. The molecular formula is C22H22ClN7O2. The number of carbonyl (C=O) groups excluding carboxylic acids is 1. The van der Waals surface area contributed by atoms with Crippen molar-refractivity contribution in [3.63, 3.8) is 0 Å². The van der Waals surface area contributed by atoms with Crippen LogP contribution in [0.15, 0.2) is 36.9 Å². The van der Waals surface area contributed by atoms with Gasteiger partial charge in [-0.05, 0) is 31.4 Å². The Kier molecular flexibility index (Phi) is 5.22. The fraction of sp³-hybridized carbons (Fsp3) is 0.364. The van der Waals surface area contributed by atoms with Gasteiger partial charge in [0.15, 0.2) is 11.5 Å². The Balaban J connectivity index is 1.41. The summed E-state index contributed by atoms with van der Waals surface area (Å²) >= 11 is 6.35. The predicted molar refractivity (Wildman–Crippen MR) is 117 cm³/mol. The van der Waals surface area contributed by atoms with Crippen molar-refractivity contribution in [1.29, 1.82) is 0 Å². The van der Waals surface area contributed by atoms with Crippen molar-refractivity contribution in [3.8, 4) is 5.82 Å². The molecule has 0 aliphatic heterocycles. The number of fused-ring (bicyclic) bond motifs is 1. The minimum atomic E-state index is -0.118. The first-order chi connectivity index (χ1) is 15.5. The zero-order valence-corrected chi connectivity index (χ0v) is 18.6. The number of methoxy groups -OCH3 is 1. The number of halogens is 1. The highest BCUT2D eigenvalue weighted by Crippen LogP contribution is 2.49. The maximum Gasteiger partial charge on any atom is 0.193 e. The fourth-order valence-corrected chi connectivity index (χ4v) is 4.46. The van der Waals surface area contributed by atoms with E-state index in [9.17, 15) is 4.79 Å². The highest BCUT2D eigenvalue weighted by atomic mass is 35.5. The van der Waals surface area contributed by atoms with E-state index in [0.717, 1.165) is 41.0 Å². The number of nitrogens with zero attached hydrogens (tertiary/aromatic N) is 7. The van der Waals surface area contributed by atoms with E-state index in [1.54, 1.807) is 38.0 Å². The van der Waals surface area contributed by atoms with Gasteiger partial charge in [-0.15, -0.1) is 4.80 Å². The first-order valence-corrected chi connectivity index (χ1v) is 10.7. The smallest absolute Gasteiger partial charge is 0.193 e. The summed E-state index contributed by atoms with van der Waals surface area (Å²) in [6, 6.07) is 3.68. The van der Waals surface area contributed by atoms with Gasteiger partial charge in [-0.25, -0.2) is 14.5 Å². The molecule has 0 aromatic carbocycles. The largest absolute Gasteiger partial charge is 0.384 e. The van der Waals surface area contributed by atoms with Gasteiger partial charge >= 0.3 is 0 Å². The number of aromatic nitrogens is 7. The summed E-state index contributed by atoms with van der Waals surface area (Å²) in [6.07, 6.45) is 9.01. The summed E-state index contributed by atoms with van der Waals surface area (Å²) in [4.78, 5) is 23.2. The fourth-order valence-electron chi connectivity index (χ4n) is 4.20. The summed E-state index contributed by atoms with van der Waals surface area (Å²) in [5, 5.41) is 13.1. The molecule has 0 radical (unpaired) electrons. The third-order valence-corrected chi connectivity index (χ3v) is 6.01. The molecule has 4 aromatic heterocycles. The molecule has 0 amide bonds. The summed E-state index contributed by atoms with van der Waals surface area (Å²) in [5.41, 5.74) is 4.21. The molecule has 164 valence electrons. The third-order valence-electron chi connectivity index (χ3n) is 5.73. The van der Waals surface area contributed by atoms with Crippen LogP contribution < -0.4 is 0 Å². The quantitative estimate of drug-likeness (QED) is 0.406. The number of pyridine rings is 1. The Morgan fingerprint density at radius 1 is 1.16 bits per heavy atom. The Hall–Kier alpha value is -3.17. The lowest BCUT2D eigenvalue weighted by atomic mass is 9.94. The number of carbonyl (C=O) groups is 1. The van der Waals surface area contributed by atoms with Crippen LogP contribution in [-0.4, -0.2) is 54.1 Å². The van der Waals surface area contributed by atoms with Crippen LogP contribution >= 0.6 is 11.6 Å². The van der Waals surface area contributed by atoms with Crippen LogP contribution in [0.4, 0.5) is 0 Å². The van der Waals surface area contributed by atoms with E-state index < -0.39 is 0 Å². The second-order valence-corrected chi connectivity index (χ2v) is 8.67. The molecule has 1 fully saturated rings. The van der Waals surface area contributed by atoms with Crippen LogP contribution in [-0.2, 0) is 27.8 Å². The van der Waals surface area contributed by atoms with Gasteiger partial charge in [0, 0.05) is 49.4 Å². The zero-order chi connectivity index (χ0) is 22.3. The molecule has 1 saturated carbocycles. The molecule has 5 rings (SSSR count). The van der Waals surface area contributed by atoms with E-state index in [2.05, 4.69) is 25.3 Å². The topological polar surface area (TPSA) is 100 Å². The van der Waals surface area contributed by atoms with Crippen LogP contribution in [0.5, 0.6) is 0 Å². The summed E-state index contributed by atoms with van der Waals surface area (Å²) in [5.74, 6) is 0.474. The molecule has 1 aliphatic rings. The van der Waals surface area contributed by atoms with E-state index >= 15 is 0 Å². The molecule has 0 bridgehead atoms. The monoisotopic (exact) mass is 451 g/mol. The van der Waals surface area contributed by atoms with Gasteiger partial charge in [0.2, 0.25) is 0 Å². The SMILES string of the molecule is COCC1(c2c(CC(=O)Cc3cnc(-n4nccn4)c(Cl)c3)cnc3cc(C)nn23)CC1. The van der Waals surface area contributed by atoms with Crippen molar-refractivity contribution < 1.29 is 9.53 Å². The third kappa shape index (κ3) is 3.78. The summed E-state index contributed by atoms with van der Waals surface area (Å²) in [6.45, 7) is 2.53. The van der Waals surface area contributed by atoms with Crippen LogP contribution in [0.1, 0.15) is 35.4 Å². The van der Waals surface area contributed by atoms with Gasteiger partial charge in [0.25, 0.3) is 0 Å². The van der Waals surface area contributed by atoms with E-state index in [-0.39, 0.29) is 24.0 Å². The molecule has 9 nitrogen and oxygen atoms in total. The summed E-state index contributed by atoms with van der Waals surface area (Å²) in [7, 11) is 1.71. The maximum atomic E-state index is 13.0. The van der Waals surface area contributed by atoms with Crippen LogP contribution in [0.25, 0.3) is 11.5 Å². The van der Waals surface area contributed by atoms with Crippen LogP contribution in [0, 0.1) is 6.92 Å². The number of Topliss-reactive ketones (excluding diaryl/α,β-unsaturated/α-hetero) is 1. The molecule has 0 atom stereocenters. The van der Waals surface area contributed by atoms with Crippen molar-refractivity contribution in [3.05, 3.63) is 64.5 Å². The van der Waals surface area contributed by atoms with Crippen LogP contribution in [0.3, 0.4) is 0 Å². The van der Waals surface area contributed by atoms with Gasteiger partial charge < -0.3 is 4.74 Å². The average Bonchev–Trinajstić information content (AvgIpc) is 3.15. The predicted octanol–water partition coefficient (Wildman–Crippen LogP) is 2.70. The lowest BCUT2D eigenvalue weighted by Gasteiger charge is -2.19. The van der Waals surface area contributed by atoms with Crippen molar-refractivity contribution in [2.75, 3.05) is 13.7 Å². The van der Waals surface area contributed by atoms with Gasteiger partial charge in [0.1, 0.15) is 5.78 Å². The van der Waals surface area contributed by atoms with Gasteiger partial charge in [0.05, 0.1) is 35.4 Å². The highest BCUT2D eigenvalue weighted by molar-refractivity contribution is 6.32. The van der Waals surface area contributed by atoms with Gasteiger partial charge in [-0.1, -0.05) is 11.6 Å². The molecule has 1 aliphatic carbocycles. The number of rotatable bonds is 8. The first-order valence-electron chi connectivity index (χ1n) is 10.4. The van der Waals surface area contributed by atoms with E-state index in [0.29, 0.717) is 17.4 Å². The van der Waals surface area contributed by atoms with Crippen LogP contribution in [0.2, 0.25) is 5.02 Å². The average molecular weight is 452 g/mol. The number of hydrogen-bond acceptors (Lipinski definition) is 7. The van der Waals surface area contributed by atoms with Gasteiger partial charge in [-0.2, -0.15) is 15.3 Å². The van der Waals surface area contributed by atoms with E-state index in [1.807, 2.05) is 17.5 Å². The molecule has 32 heavy (non-hydrogen) atoms. The Labute approximate surface area is 189 Å². The Morgan fingerprint density at radius 2 is 1.94 bits per heavy atom. The van der Waals surface area contributed by atoms with Crippen molar-refractivity contribution in [2.24, 2.45) is 0 Å². The molecule has 10 heteroatoms. The van der Waals surface area contributed by atoms with Crippen molar-refractivity contribution in [1.82, 2.24) is 34.6 Å². The molecule has 0 saturated heterocycles. The lowest BCUT2D eigenvalue weighted by molar-refractivity contribution is -0.117. The standard InChI is InChI=1S/C22H22ClN7O2/c1-14-7-19-24-12-16(20(29(19)28-14)22(3-4-22)13-32-2)10-17(31)8-15-9-18(23)21(25-11-15)30-26-5-6-27-30/h5-7,9,11-12H,3-4,8,10,13H2,1-2H3. The maximum absolute atomic E-state index is 13.0. The molecule has 0 unspecified atom stereocenters. The summed E-state index contributed by atoms with van der Waals surface area (Å²) < 4.78 is 7.39. The molecule has 0 N–H and O–H groups in total. The number of ether oxygens (including phenoxy) is 1. The number of ketones is 1. The number of hydrogen-bond donors (Lipinski definition) is 0. The molecule has 0 spiro atoms.